The summed E-state index contributed by atoms with van der Waals surface area (Å²) in [5.74, 6) is -0.276. The van der Waals surface area contributed by atoms with E-state index in [0.29, 0.717) is 13.2 Å². The maximum Gasteiger partial charge on any atom is 0.175 e. The molecule has 0 radical (unpaired) electrons. The Morgan fingerprint density at radius 1 is 1.17 bits per heavy atom. The van der Waals surface area contributed by atoms with Crippen LogP contribution in [0.5, 0.6) is 0 Å². The molecule has 0 aliphatic carbocycles. The van der Waals surface area contributed by atoms with E-state index >= 15 is 0 Å². The molecule has 2 aliphatic rings. The number of rotatable bonds is 2. The zero-order valence-electron chi connectivity index (χ0n) is 12.4. The highest BCUT2D eigenvalue weighted by atomic mass is 16.7. The molecule has 0 aromatic heterocycles. The third kappa shape index (κ3) is 1.73. The highest BCUT2D eigenvalue weighted by Gasteiger charge is 2.64. The fourth-order valence-electron chi connectivity index (χ4n) is 3.62. The lowest BCUT2D eigenvalue weighted by Crippen LogP contribution is -2.70. The summed E-state index contributed by atoms with van der Waals surface area (Å²) in [4.78, 5) is 0. The van der Waals surface area contributed by atoms with Crippen LogP contribution in [-0.4, -0.2) is 40.3 Å². The zero-order valence-corrected chi connectivity index (χ0v) is 12.4. The molecule has 0 saturated carbocycles. The van der Waals surface area contributed by atoms with Crippen molar-refractivity contribution in [2.45, 2.75) is 70.7 Å². The average molecular weight is 258 g/mol. The van der Waals surface area contributed by atoms with Gasteiger partial charge in [0, 0.05) is 12.3 Å². The maximum absolute atomic E-state index is 8.58. The first-order chi connectivity index (χ1) is 8.34. The Bertz CT molecular complexity index is 314. The van der Waals surface area contributed by atoms with Crippen LogP contribution in [0.25, 0.3) is 0 Å². The molecule has 1 spiro atoms. The summed E-state index contributed by atoms with van der Waals surface area (Å²) in [5.41, 5.74) is -0.380. The molecular weight excluding hydrogens is 230 g/mol. The monoisotopic (exact) mass is 258 g/mol. The molecule has 2 aliphatic heterocycles. The van der Waals surface area contributed by atoms with E-state index in [-0.39, 0.29) is 17.0 Å². The number of hydrogen-bond acceptors (Lipinski definition) is 3. The van der Waals surface area contributed by atoms with Crippen molar-refractivity contribution in [3.8, 4) is 0 Å². The number of ether oxygens (including phenoxy) is 2. The van der Waals surface area contributed by atoms with Gasteiger partial charge in [-0.25, -0.2) is 0 Å². The summed E-state index contributed by atoms with van der Waals surface area (Å²) in [6.45, 7) is 12.2. The Hall–Kier alpha value is -0.160. The predicted molar refractivity (Wildman–Crippen MR) is 71.3 cm³/mol. The minimum absolute atomic E-state index is 0.179. The fourth-order valence-corrected chi connectivity index (χ4v) is 3.62. The summed E-state index contributed by atoms with van der Waals surface area (Å²) in [6, 6.07) is 0. The van der Waals surface area contributed by atoms with Gasteiger partial charge in [-0.1, -0.05) is 25.8 Å². The lowest BCUT2D eigenvalue weighted by Gasteiger charge is -2.57. The first kappa shape index (κ1) is 14.3. The SMILES string of the molecule is CCC1(C)CC2(OCCO2)C(C)C(C)(CC)N1[OH2+]. The van der Waals surface area contributed by atoms with Crippen LogP contribution in [0.15, 0.2) is 0 Å². The summed E-state index contributed by atoms with van der Waals surface area (Å²) in [6.07, 6.45) is 2.66. The fraction of sp³-hybridized carbons (Fsp3) is 1.00. The Balaban J connectivity index is 2.42. The van der Waals surface area contributed by atoms with Gasteiger partial charge in [0.1, 0.15) is 0 Å². The average Bonchev–Trinajstić information content (AvgIpc) is 2.83. The third-order valence-corrected chi connectivity index (χ3v) is 5.52. The molecule has 18 heavy (non-hydrogen) atoms. The molecule has 2 fully saturated rings. The van der Waals surface area contributed by atoms with E-state index in [9.17, 15) is 0 Å². The summed E-state index contributed by atoms with van der Waals surface area (Å²) in [7, 11) is 0. The Morgan fingerprint density at radius 3 is 2.17 bits per heavy atom. The van der Waals surface area contributed by atoms with Gasteiger partial charge in [0.15, 0.2) is 5.79 Å². The zero-order chi connectivity index (χ0) is 13.6. The van der Waals surface area contributed by atoms with Gasteiger partial charge in [-0.2, -0.15) is 0 Å². The number of piperidine rings is 1. The molecule has 2 rings (SSSR count). The van der Waals surface area contributed by atoms with E-state index < -0.39 is 5.79 Å². The molecule has 2 N–H and O–H groups in total. The van der Waals surface area contributed by atoms with E-state index in [1.807, 2.05) is 5.06 Å². The Labute approximate surface area is 110 Å². The van der Waals surface area contributed by atoms with Crippen molar-refractivity contribution in [3.63, 3.8) is 0 Å². The lowest BCUT2D eigenvalue weighted by atomic mass is 9.67. The molecule has 4 nitrogen and oxygen atoms in total. The number of nitrogens with zero attached hydrogens (tertiary/aromatic N) is 1. The number of hydroxylamine groups is 2. The van der Waals surface area contributed by atoms with Gasteiger partial charge in [0.2, 0.25) is 0 Å². The molecule has 0 amide bonds. The molecule has 3 atom stereocenters. The smallest absolute Gasteiger partial charge is 0.175 e. The topological polar surface area (TPSA) is 44.6 Å². The van der Waals surface area contributed by atoms with Gasteiger partial charge in [-0.15, -0.1) is 0 Å². The normalized spacial score (nSPS) is 44.7. The van der Waals surface area contributed by atoms with Gasteiger partial charge >= 0.3 is 0 Å². The van der Waals surface area contributed by atoms with Gasteiger partial charge in [-0.3, -0.25) is 0 Å². The first-order valence-electron chi connectivity index (χ1n) is 7.14. The number of hydrogen-bond donors (Lipinski definition) is 0. The molecule has 4 heteroatoms. The second-order valence-corrected chi connectivity index (χ2v) is 6.30. The molecule has 2 saturated heterocycles. The van der Waals surface area contributed by atoms with E-state index in [1.165, 1.54) is 0 Å². The Morgan fingerprint density at radius 2 is 1.72 bits per heavy atom. The van der Waals surface area contributed by atoms with Crippen LogP contribution in [-0.2, 0) is 9.47 Å². The largest absolute Gasteiger partial charge is 0.347 e. The van der Waals surface area contributed by atoms with Crippen molar-refractivity contribution in [2.75, 3.05) is 13.2 Å². The lowest BCUT2D eigenvalue weighted by molar-refractivity contribution is -0.349. The van der Waals surface area contributed by atoms with Gasteiger partial charge in [0.25, 0.3) is 0 Å². The van der Waals surface area contributed by atoms with Crippen LogP contribution in [0.1, 0.15) is 53.9 Å². The van der Waals surface area contributed by atoms with Crippen molar-refractivity contribution in [1.29, 1.82) is 0 Å². The minimum atomic E-state index is -0.479. The highest BCUT2D eigenvalue weighted by molar-refractivity contribution is 5.08. The van der Waals surface area contributed by atoms with Crippen molar-refractivity contribution in [2.24, 2.45) is 5.92 Å². The van der Waals surface area contributed by atoms with E-state index in [1.54, 1.807) is 0 Å². The quantitative estimate of drug-likeness (QED) is 0.712. The molecule has 0 aromatic carbocycles. The molecule has 106 valence electrons. The van der Waals surface area contributed by atoms with E-state index in [4.69, 9.17) is 14.7 Å². The van der Waals surface area contributed by atoms with Crippen LogP contribution in [0.2, 0.25) is 0 Å². The van der Waals surface area contributed by atoms with E-state index in [0.717, 1.165) is 19.3 Å². The second kappa shape index (κ2) is 4.44. The van der Waals surface area contributed by atoms with Crippen LogP contribution in [0.3, 0.4) is 0 Å². The highest BCUT2D eigenvalue weighted by Crippen LogP contribution is 2.52. The Kier molecular flexibility index (Phi) is 3.52. The van der Waals surface area contributed by atoms with Crippen molar-refractivity contribution < 1.29 is 14.7 Å². The summed E-state index contributed by atoms with van der Waals surface area (Å²) < 4.78 is 12.0. The summed E-state index contributed by atoms with van der Waals surface area (Å²) >= 11 is 0. The van der Waals surface area contributed by atoms with Crippen LogP contribution < -0.4 is 0 Å². The minimum Gasteiger partial charge on any atom is -0.347 e. The second-order valence-electron chi connectivity index (χ2n) is 6.30. The van der Waals surface area contributed by atoms with Crippen molar-refractivity contribution in [1.82, 2.24) is 5.06 Å². The summed E-state index contributed by atoms with van der Waals surface area (Å²) in [5, 5.41) is 10.4. The molecule has 0 aromatic rings. The molecule has 3 unspecified atom stereocenters. The molecule has 2 heterocycles. The maximum atomic E-state index is 8.58. The van der Waals surface area contributed by atoms with Crippen LogP contribution in [0, 0.1) is 5.92 Å². The van der Waals surface area contributed by atoms with Gasteiger partial charge in [0.05, 0.1) is 24.3 Å². The molecular formula is C14H28NO3+. The first-order valence-corrected chi connectivity index (χ1v) is 7.14. The van der Waals surface area contributed by atoms with Crippen molar-refractivity contribution in [3.05, 3.63) is 0 Å². The van der Waals surface area contributed by atoms with E-state index in [2.05, 4.69) is 34.6 Å². The third-order valence-electron chi connectivity index (χ3n) is 5.52. The predicted octanol–water partition coefficient (Wildman–Crippen LogP) is 2.05. The van der Waals surface area contributed by atoms with Crippen molar-refractivity contribution >= 4 is 0 Å². The van der Waals surface area contributed by atoms with Crippen LogP contribution >= 0.6 is 0 Å². The molecule has 0 bridgehead atoms. The van der Waals surface area contributed by atoms with Gasteiger partial charge in [-0.05, 0) is 26.7 Å². The van der Waals surface area contributed by atoms with Crippen LogP contribution in [0.4, 0.5) is 0 Å². The standard InChI is InChI=1S/C14H27NO3/c1-6-12(4)10-14(17-8-9-18-14)11(3)13(5,7-2)15(12)16/h11,16H,6-10H2,1-5H3/p+1. The van der Waals surface area contributed by atoms with Gasteiger partial charge < -0.3 is 14.7 Å².